The number of carbonyl (C=O) groups is 1. The zero-order chi connectivity index (χ0) is 11.4. The lowest BCUT2D eigenvalue weighted by molar-refractivity contribution is -0.109. The third-order valence-electron chi connectivity index (χ3n) is 2.11. The van der Waals surface area contributed by atoms with Crippen LogP contribution >= 0.6 is 11.8 Å². The summed E-state index contributed by atoms with van der Waals surface area (Å²) in [5.41, 5.74) is 0.985. The van der Waals surface area contributed by atoms with E-state index in [4.69, 9.17) is 9.47 Å². The Balaban J connectivity index is 2.04. The highest BCUT2D eigenvalue weighted by molar-refractivity contribution is 8.13. The second-order valence-electron chi connectivity index (χ2n) is 3.29. The summed E-state index contributed by atoms with van der Waals surface area (Å²) in [5.74, 6) is 2.24. The number of benzene rings is 1. The van der Waals surface area contributed by atoms with E-state index < -0.39 is 0 Å². The smallest absolute Gasteiger partial charge is 0.231 e. The van der Waals surface area contributed by atoms with Gasteiger partial charge in [0.05, 0.1) is 0 Å². The molecular formula is C12H12O3S. The fourth-order valence-corrected chi connectivity index (χ4v) is 1.85. The number of ether oxygens (including phenoxy) is 2. The molecule has 0 saturated heterocycles. The van der Waals surface area contributed by atoms with Crippen LogP contribution in [0.2, 0.25) is 0 Å². The van der Waals surface area contributed by atoms with Gasteiger partial charge in [-0.15, -0.1) is 0 Å². The molecule has 3 nitrogen and oxygen atoms in total. The topological polar surface area (TPSA) is 35.5 Å². The maximum atomic E-state index is 10.7. The number of carbonyl (C=O) groups excluding carboxylic acids is 1. The van der Waals surface area contributed by atoms with Crippen molar-refractivity contribution in [2.24, 2.45) is 0 Å². The molecule has 2 rings (SSSR count). The van der Waals surface area contributed by atoms with E-state index in [2.05, 4.69) is 0 Å². The first kappa shape index (κ1) is 11.1. The average molecular weight is 236 g/mol. The molecule has 1 heterocycles. The highest BCUT2D eigenvalue weighted by Gasteiger charge is 2.15. The highest BCUT2D eigenvalue weighted by atomic mass is 32.2. The van der Waals surface area contributed by atoms with Crippen molar-refractivity contribution in [2.45, 2.75) is 6.92 Å². The van der Waals surface area contributed by atoms with Gasteiger partial charge in [-0.3, -0.25) is 4.79 Å². The van der Waals surface area contributed by atoms with E-state index in [1.54, 1.807) is 6.92 Å². The van der Waals surface area contributed by atoms with Gasteiger partial charge in [0.15, 0.2) is 16.6 Å². The zero-order valence-corrected chi connectivity index (χ0v) is 9.75. The monoisotopic (exact) mass is 236 g/mol. The molecular weight excluding hydrogens is 224 g/mol. The second-order valence-corrected chi connectivity index (χ2v) is 4.48. The third-order valence-corrected chi connectivity index (χ3v) is 2.87. The molecule has 0 unspecified atom stereocenters. The molecule has 84 valence electrons. The summed E-state index contributed by atoms with van der Waals surface area (Å²) in [6.07, 6.45) is 3.90. The molecule has 0 spiro atoms. The van der Waals surface area contributed by atoms with Crippen LogP contribution in [0.25, 0.3) is 6.08 Å². The molecule has 1 aliphatic heterocycles. The van der Waals surface area contributed by atoms with Gasteiger partial charge in [-0.1, -0.05) is 36.0 Å². The van der Waals surface area contributed by atoms with Gasteiger partial charge in [-0.05, 0) is 6.07 Å². The van der Waals surface area contributed by atoms with Crippen molar-refractivity contribution >= 4 is 23.0 Å². The first-order valence-corrected chi connectivity index (χ1v) is 5.94. The SMILES string of the molecule is CC(=O)SCC=Cc1cccc2c1OCO2. The molecule has 0 aliphatic carbocycles. The van der Waals surface area contributed by atoms with Crippen LogP contribution in [0.5, 0.6) is 11.5 Å². The van der Waals surface area contributed by atoms with Crippen molar-refractivity contribution < 1.29 is 14.3 Å². The van der Waals surface area contributed by atoms with Gasteiger partial charge in [0.2, 0.25) is 6.79 Å². The molecule has 0 amide bonds. The molecule has 16 heavy (non-hydrogen) atoms. The number of rotatable bonds is 3. The van der Waals surface area contributed by atoms with Crippen LogP contribution in [-0.4, -0.2) is 17.7 Å². The molecule has 0 fully saturated rings. The zero-order valence-electron chi connectivity index (χ0n) is 8.93. The van der Waals surface area contributed by atoms with Gasteiger partial charge in [0, 0.05) is 18.2 Å². The fourth-order valence-electron chi connectivity index (χ4n) is 1.42. The summed E-state index contributed by atoms with van der Waals surface area (Å²) in [7, 11) is 0. The van der Waals surface area contributed by atoms with Gasteiger partial charge in [0.25, 0.3) is 0 Å². The molecule has 1 aliphatic rings. The molecule has 4 heteroatoms. The quantitative estimate of drug-likeness (QED) is 0.808. The van der Waals surface area contributed by atoms with Gasteiger partial charge in [-0.25, -0.2) is 0 Å². The summed E-state index contributed by atoms with van der Waals surface area (Å²) in [6, 6.07) is 5.76. The van der Waals surface area contributed by atoms with E-state index in [-0.39, 0.29) is 11.9 Å². The van der Waals surface area contributed by atoms with Crippen LogP contribution in [0, 0.1) is 0 Å². The van der Waals surface area contributed by atoms with E-state index >= 15 is 0 Å². The van der Waals surface area contributed by atoms with Crippen molar-refractivity contribution in [3.63, 3.8) is 0 Å². The Kier molecular flexibility index (Phi) is 3.51. The largest absolute Gasteiger partial charge is 0.454 e. The van der Waals surface area contributed by atoms with Crippen LogP contribution in [0.1, 0.15) is 12.5 Å². The fraction of sp³-hybridized carbons (Fsp3) is 0.250. The lowest BCUT2D eigenvalue weighted by atomic mass is 10.2. The van der Waals surface area contributed by atoms with Crippen molar-refractivity contribution in [1.82, 2.24) is 0 Å². The number of thioether (sulfide) groups is 1. The van der Waals surface area contributed by atoms with Gasteiger partial charge in [-0.2, -0.15) is 0 Å². The molecule has 0 aromatic heterocycles. The maximum Gasteiger partial charge on any atom is 0.231 e. The van der Waals surface area contributed by atoms with E-state index in [0.29, 0.717) is 5.75 Å². The van der Waals surface area contributed by atoms with E-state index in [1.165, 1.54) is 11.8 Å². The normalized spacial score (nSPS) is 13.3. The van der Waals surface area contributed by atoms with Crippen molar-refractivity contribution in [1.29, 1.82) is 0 Å². The lowest BCUT2D eigenvalue weighted by Gasteiger charge is -1.99. The molecule has 1 aromatic carbocycles. The predicted octanol–water partition coefficient (Wildman–Crippen LogP) is 2.71. The van der Waals surface area contributed by atoms with Crippen LogP contribution in [0.15, 0.2) is 24.3 Å². The number of fused-ring (bicyclic) bond motifs is 1. The number of para-hydroxylation sites is 1. The van der Waals surface area contributed by atoms with Crippen LogP contribution in [-0.2, 0) is 4.79 Å². The molecule has 0 atom stereocenters. The van der Waals surface area contributed by atoms with Gasteiger partial charge >= 0.3 is 0 Å². The highest BCUT2D eigenvalue weighted by Crippen LogP contribution is 2.35. The summed E-state index contributed by atoms with van der Waals surface area (Å²) >= 11 is 1.29. The summed E-state index contributed by atoms with van der Waals surface area (Å²) in [6.45, 7) is 1.85. The summed E-state index contributed by atoms with van der Waals surface area (Å²) < 4.78 is 10.6. The molecule has 0 radical (unpaired) electrons. The average Bonchev–Trinajstić information content (AvgIpc) is 2.72. The Labute approximate surface area is 98.4 Å². The Morgan fingerprint density at radius 1 is 1.50 bits per heavy atom. The van der Waals surface area contributed by atoms with Gasteiger partial charge in [0.1, 0.15) is 0 Å². The predicted molar refractivity (Wildman–Crippen MR) is 64.7 cm³/mol. The molecule has 0 N–H and O–H groups in total. The standard InChI is InChI=1S/C12H12O3S/c1-9(13)16-7-3-5-10-4-2-6-11-12(10)15-8-14-11/h2-6H,7-8H2,1H3. The summed E-state index contributed by atoms with van der Waals surface area (Å²) in [5, 5.41) is 0.127. The molecule has 0 saturated carbocycles. The Morgan fingerprint density at radius 2 is 2.38 bits per heavy atom. The van der Waals surface area contributed by atoms with E-state index in [9.17, 15) is 4.79 Å². The number of hydrogen-bond donors (Lipinski definition) is 0. The Hall–Kier alpha value is -1.42. The van der Waals surface area contributed by atoms with Crippen molar-refractivity contribution in [3.05, 3.63) is 29.8 Å². The first-order chi connectivity index (χ1) is 7.77. The Morgan fingerprint density at radius 3 is 3.19 bits per heavy atom. The second kappa shape index (κ2) is 5.07. The molecule has 0 bridgehead atoms. The Bertz CT molecular complexity index is 426. The van der Waals surface area contributed by atoms with Gasteiger partial charge < -0.3 is 9.47 Å². The van der Waals surface area contributed by atoms with E-state index in [0.717, 1.165) is 17.1 Å². The minimum Gasteiger partial charge on any atom is -0.454 e. The number of hydrogen-bond acceptors (Lipinski definition) is 4. The van der Waals surface area contributed by atoms with Crippen molar-refractivity contribution in [2.75, 3.05) is 12.5 Å². The maximum absolute atomic E-state index is 10.7. The van der Waals surface area contributed by atoms with Crippen LogP contribution in [0.3, 0.4) is 0 Å². The molecule has 1 aromatic rings. The third kappa shape index (κ3) is 2.58. The first-order valence-electron chi connectivity index (χ1n) is 4.96. The van der Waals surface area contributed by atoms with Crippen LogP contribution < -0.4 is 9.47 Å². The van der Waals surface area contributed by atoms with Crippen LogP contribution in [0.4, 0.5) is 0 Å². The summed E-state index contributed by atoms with van der Waals surface area (Å²) in [4.78, 5) is 10.7. The van der Waals surface area contributed by atoms with Crippen molar-refractivity contribution in [3.8, 4) is 11.5 Å². The van der Waals surface area contributed by atoms with E-state index in [1.807, 2.05) is 30.4 Å². The lowest BCUT2D eigenvalue weighted by Crippen LogP contribution is -1.93. The minimum absolute atomic E-state index is 0.127. The minimum atomic E-state index is 0.127.